The highest BCUT2D eigenvalue weighted by atomic mass is 19.2. The van der Waals surface area contributed by atoms with E-state index in [9.17, 15) is 28.2 Å². The minimum atomic E-state index is -1.53. The number of pyridine rings is 1. The van der Waals surface area contributed by atoms with Gasteiger partial charge in [0, 0.05) is 53.6 Å². The minimum absolute atomic E-state index is 0.0428. The van der Waals surface area contributed by atoms with E-state index >= 15 is 4.39 Å². The van der Waals surface area contributed by atoms with Crippen LogP contribution in [0.25, 0.3) is 10.9 Å². The number of ether oxygens (including phenoxy) is 1. The molecule has 1 aliphatic rings. The molecule has 2 aromatic carbocycles. The molecule has 1 unspecified atom stereocenters. The van der Waals surface area contributed by atoms with Crippen LogP contribution < -0.4 is 10.1 Å². The topological polar surface area (TPSA) is 94.9 Å². The number of carboxylic acids is 1. The van der Waals surface area contributed by atoms with Crippen LogP contribution in [0.5, 0.6) is 5.75 Å². The van der Waals surface area contributed by atoms with Crippen molar-refractivity contribution < 1.29 is 37.3 Å². The quantitative estimate of drug-likeness (QED) is 0.223. The lowest BCUT2D eigenvalue weighted by molar-refractivity contribution is -0.153. The fourth-order valence-corrected chi connectivity index (χ4v) is 5.20. The average molecular weight is 550 g/mol. The zero-order chi connectivity index (χ0) is 28.2. The van der Waals surface area contributed by atoms with E-state index in [4.69, 9.17) is 4.74 Å². The zero-order valence-corrected chi connectivity index (χ0v) is 21.5. The number of hydrogen-bond donors (Lipinski definition) is 3. The van der Waals surface area contributed by atoms with Gasteiger partial charge in [-0.3, -0.25) is 9.78 Å². The summed E-state index contributed by atoms with van der Waals surface area (Å²) in [6.07, 6.45) is 0.616. The number of piperidine rings is 1. The van der Waals surface area contributed by atoms with Gasteiger partial charge in [-0.05, 0) is 57.0 Å². The summed E-state index contributed by atoms with van der Waals surface area (Å²) in [5.74, 6) is -4.54. The number of fused-ring (bicyclic) bond motifs is 1. The maximum atomic E-state index is 15.8. The highest BCUT2D eigenvalue weighted by molar-refractivity contribution is 5.85. The van der Waals surface area contributed by atoms with Crippen molar-refractivity contribution in [2.45, 2.75) is 38.5 Å². The molecule has 0 bridgehead atoms. The monoisotopic (exact) mass is 549 g/mol. The number of benzene rings is 2. The number of aliphatic hydroxyl groups excluding tert-OH is 1. The summed E-state index contributed by atoms with van der Waals surface area (Å²) in [6, 6.07) is 6.84. The molecule has 39 heavy (non-hydrogen) atoms. The molecule has 0 amide bonds. The van der Waals surface area contributed by atoms with E-state index in [0.29, 0.717) is 66.8 Å². The van der Waals surface area contributed by atoms with Gasteiger partial charge in [-0.15, -0.1) is 0 Å². The van der Waals surface area contributed by atoms with Crippen LogP contribution in [0.4, 0.5) is 23.2 Å². The Morgan fingerprint density at radius 2 is 1.87 bits per heavy atom. The average Bonchev–Trinajstić information content (AvgIpc) is 2.94. The number of carboxylic acid groups (broad SMARTS) is 1. The Hall–Kier alpha value is -3.44. The number of alkyl halides is 1. The summed E-state index contributed by atoms with van der Waals surface area (Å²) in [5, 5.41) is 23.3. The highest BCUT2D eigenvalue weighted by Crippen LogP contribution is 2.41. The fraction of sp³-hybridized carbons (Fsp3) is 0.429. The van der Waals surface area contributed by atoms with Gasteiger partial charge in [0.15, 0.2) is 17.5 Å². The van der Waals surface area contributed by atoms with Crippen LogP contribution in [0, 0.1) is 22.9 Å². The van der Waals surface area contributed by atoms with E-state index in [0.717, 1.165) is 12.1 Å². The molecule has 4 rings (SSSR count). The standard InChI is InChI=1S/C28H31F4N3O4/c1-39-19-2-3-24-20(14-19)25(17(16-36)15-34-24)21(29)4-5-28(27(37)38)6-9-35(10-7-28)11-8-33-18-12-22(30)26(32)23(31)13-18/h2-3,12-15,21,33,36H,4-11,16H2,1H3,(H,37,38). The first kappa shape index (κ1) is 28.6. The molecule has 3 N–H and O–H groups in total. The maximum Gasteiger partial charge on any atom is 0.309 e. The number of halogens is 4. The number of nitrogens with zero attached hydrogens (tertiary/aromatic N) is 2. The van der Waals surface area contributed by atoms with Crippen LogP contribution in [0.1, 0.15) is 43.0 Å². The van der Waals surface area contributed by atoms with Crippen molar-refractivity contribution in [2.24, 2.45) is 5.41 Å². The van der Waals surface area contributed by atoms with Gasteiger partial charge >= 0.3 is 5.97 Å². The number of aliphatic carboxylic acids is 1. The van der Waals surface area contributed by atoms with Gasteiger partial charge < -0.3 is 25.2 Å². The molecule has 1 saturated heterocycles. The molecule has 11 heteroatoms. The number of rotatable bonds is 11. The van der Waals surface area contributed by atoms with Crippen molar-refractivity contribution >= 4 is 22.6 Å². The van der Waals surface area contributed by atoms with Crippen LogP contribution >= 0.6 is 0 Å². The van der Waals surface area contributed by atoms with Crippen molar-refractivity contribution in [3.8, 4) is 5.75 Å². The van der Waals surface area contributed by atoms with Crippen molar-refractivity contribution in [1.29, 1.82) is 0 Å². The van der Waals surface area contributed by atoms with Gasteiger partial charge in [-0.2, -0.15) is 0 Å². The molecule has 0 radical (unpaired) electrons. The third-order valence-electron chi connectivity index (χ3n) is 7.57. The summed E-state index contributed by atoms with van der Waals surface area (Å²) in [7, 11) is 1.50. The molecular weight excluding hydrogens is 518 g/mol. The lowest BCUT2D eigenvalue weighted by Crippen LogP contribution is -2.45. The van der Waals surface area contributed by atoms with Gasteiger partial charge in [-0.1, -0.05) is 0 Å². The molecular formula is C28H31F4N3O4. The van der Waals surface area contributed by atoms with Crippen LogP contribution in [-0.4, -0.2) is 59.4 Å². The predicted octanol–water partition coefficient (Wildman–Crippen LogP) is 5.22. The first-order chi connectivity index (χ1) is 18.7. The molecule has 0 aliphatic carbocycles. The molecule has 1 aromatic heterocycles. The third-order valence-corrected chi connectivity index (χ3v) is 7.57. The van der Waals surface area contributed by atoms with Crippen molar-refractivity contribution in [3.05, 3.63) is 65.1 Å². The van der Waals surface area contributed by atoms with Gasteiger partial charge in [0.05, 0.1) is 24.6 Å². The molecule has 0 spiro atoms. The fourth-order valence-electron chi connectivity index (χ4n) is 5.20. The van der Waals surface area contributed by atoms with E-state index in [1.54, 1.807) is 18.2 Å². The molecule has 210 valence electrons. The molecule has 7 nitrogen and oxygen atoms in total. The SMILES string of the molecule is COc1ccc2ncc(CO)c(C(F)CCC3(C(=O)O)CCN(CCNc4cc(F)c(F)c(F)c4)CC3)c2c1. The molecule has 3 aromatic rings. The minimum Gasteiger partial charge on any atom is -0.497 e. The summed E-state index contributed by atoms with van der Waals surface area (Å²) < 4.78 is 61.0. The number of hydrogen-bond acceptors (Lipinski definition) is 6. The van der Waals surface area contributed by atoms with Crippen molar-refractivity contribution in [1.82, 2.24) is 9.88 Å². The van der Waals surface area contributed by atoms with Crippen LogP contribution in [0.15, 0.2) is 36.5 Å². The zero-order valence-electron chi connectivity index (χ0n) is 21.5. The summed E-state index contributed by atoms with van der Waals surface area (Å²) in [4.78, 5) is 18.6. The highest BCUT2D eigenvalue weighted by Gasteiger charge is 2.41. The number of aliphatic hydroxyl groups is 1. The Morgan fingerprint density at radius 3 is 2.49 bits per heavy atom. The lowest BCUT2D eigenvalue weighted by atomic mass is 9.74. The predicted molar refractivity (Wildman–Crippen MR) is 138 cm³/mol. The van der Waals surface area contributed by atoms with E-state index in [-0.39, 0.29) is 18.5 Å². The Balaban J connectivity index is 1.38. The molecule has 1 atom stereocenters. The Morgan fingerprint density at radius 1 is 1.18 bits per heavy atom. The Labute approximate surface area is 223 Å². The van der Waals surface area contributed by atoms with Gasteiger partial charge in [0.25, 0.3) is 0 Å². The maximum absolute atomic E-state index is 15.8. The molecule has 1 aliphatic heterocycles. The second-order valence-corrected chi connectivity index (χ2v) is 9.85. The van der Waals surface area contributed by atoms with Gasteiger partial charge in [0.2, 0.25) is 0 Å². The van der Waals surface area contributed by atoms with Crippen molar-refractivity contribution in [2.75, 3.05) is 38.6 Å². The van der Waals surface area contributed by atoms with Crippen LogP contribution in [0.3, 0.4) is 0 Å². The van der Waals surface area contributed by atoms with E-state index < -0.39 is 41.6 Å². The number of nitrogens with one attached hydrogen (secondary N) is 1. The second-order valence-electron chi connectivity index (χ2n) is 9.85. The Kier molecular flexibility index (Phi) is 8.91. The van der Waals surface area contributed by atoms with Crippen LogP contribution in [0.2, 0.25) is 0 Å². The normalized spacial score (nSPS) is 16.3. The van der Waals surface area contributed by atoms with E-state index in [2.05, 4.69) is 10.3 Å². The van der Waals surface area contributed by atoms with Crippen molar-refractivity contribution in [3.63, 3.8) is 0 Å². The number of aromatic nitrogens is 1. The second kappa shape index (κ2) is 12.2. The lowest BCUT2D eigenvalue weighted by Gasteiger charge is -2.39. The summed E-state index contributed by atoms with van der Waals surface area (Å²) in [6.45, 7) is 1.30. The van der Waals surface area contributed by atoms with Gasteiger partial charge in [-0.25, -0.2) is 17.6 Å². The van der Waals surface area contributed by atoms with Crippen LogP contribution in [-0.2, 0) is 11.4 Å². The summed E-state index contributed by atoms with van der Waals surface area (Å²) >= 11 is 0. The summed E-state index contributed by atoms with van der Waals surface area (Å²) in [5.41, 5.74) is 0.194. The largest absolute Gasteiger partial charge is 0.497 e. The first-order valence-electron chi connectivity index (χ1n) is 12.7. The number of likely N-dealkylation sites (tertiary alicyclic amines) is 1. The van der Waals surface area contributed by atoms with E-state index in [1.807, 2.05) is 4.90 Å². The third kappa shape index (κ3) is 6.25. The first-order valence-corrected chi connectivity index (χ1v) is 12.7. The molecule has 1 fully saturated rings. The van der Waals surface area contributed by atoms with Gasteiger partial charge in [0.1, 0.15) is 11.9 Å². The smallest absolute Gasteiger partial charge is 0.309 e. The van der Waals surface area contributed by atoms with E-state index in [1.165, 1.54) is 13.3 Å². The Bertz CT molecular complexity index is 1300. The number of anilines is 1. The molecule has 0 saturated carbocycles. The number of carbonyl (C=O) groups is 1. The number of methoxy groups -OCH3 is 1. The molecule has 2 heterocycles.